The van der Waals surface area contributed by atoms with E-state index in [9.17, 15) is 18.0 Å². The highest BCUT2D eigenvalue weighted by Gasteiger charge is 2.33. The summed E-state index contributed by atoms with van der Waals surface area (Å²) in [4.78, 5) is 12.8. The first-order valence-corrected chi connectivity index (χ1v) is 6.27. The third kappa shape index (κ3) is 3.65. The maximum Gasteiger partial charge on any atom is 0.406 e. The Labute approximate surface area is 119 Å². The fourth-order valence-corrected chi connectivity index (χ4v) is 2.02. The minimum atomic E-state index is -4.47. The lowest BCUT2D eigenvalue weighted by molar-refractivity contribution is -0.139. The first kappa shape index (κ1) is 15.2. The number of nitrogens with zero attached hydrogens (tertiary/aromatic N) is 1. The molecule has 0 aliphatic carbocycles. The van der Waals surface area contributed by atoms with Gasteiger partial charge in [-0.05, 0) is 25.1 Å². The lowest BCUT2D eigenvalue weighted by Gasteiger charge is -2.21. The molecule has 0 unspecified atom stereocenters. The van der Waals surface area contributed by atoms with Crippen molar-refractivity contribution in [2.75, 3.05) is 13.1 Å². The Bertz CT molecular complexity index is 673. The average molecular weight is 297 g/mol. The number of furan rings is 1. The maximum absolute atomic E-state index is 12.5. The Kier molecular flexibility index (Phi) is 4.06. The van der Waals surface area contributed by atoms with Crippen LogP contribution in [-0.2, 0) is 0 Å². The van der Waals surface area contributed by atoms with Crippen LogP contribution in [0.15, 0.2) is 41.3 Å². The number of aryl methyl sites for hydroxylation is 1. The quantitative estimate of drug-likeness (QED) is 0.801. The molecule has 6 heteroatoms. The van der Waals surface area contributed by atoms with Crippen LogP contribution in [0.1, 0.15) is 16.1 Å². The van der Waals surface area contributed by atoms with Crippen molar-refractivity contribution in [3.8, 4) is 0 Å². The summed E-state index contributed by atoms with van der Waals surface area (Å²) >= 11 is 0. The van der Waals surface area contributed by atoms with Gasteiger partial charge < -0.3 is 9.32 Å². The Morgan fingerprint density at radius 3 is 2.71 bits per heavy atom. The van der Waals surface area contributed by atoms with Crippen LogP contribution in [0.4, 0.5) is 13.2 Å². The van der Waals surface area contributed by atoms with Crippen LogP contribution in [0.3, 0.4) is 0 Å². The second kappa shape index (κ2) is 5.63. The first-order valence-electron chi connectivity index (χ1n) is 6.27. The van der Waals surface area contributed by atoms with Crippen molar-refractivity contribution in [3.63, 3.8) is 0 Å². The maximum atomic E-state index is 12.5. The summed E-state index contributed by atoms with van der Waals surface area (Å²) in [5.41, 5.74) is 1.44. The van der Waals surface area contributed by atoms with Gasteiger partial charge >= 0.3 is 6.18 Å². The van der Waals surface area contributed by atoms with E-state index in [1.165, 1.54) is 12.1 Å². The van der Waals surface area contributed by atoms with Gasteiger partial charge in [-0.15, -0.1) is 6.58 Å². The molecule has 0 aliphatic rings. The van der Waals surface area contributed by atoms with Crippen LogP contribution in [0.25, 0.3) is 11.0 Å². The van der Waals surface area contributed by atoms with Crippen molar-refractivity contribution in [2.24, 2.45) is 0 Å². The molecule has 0 saturated heterocycles. The van der Waals surface area contributed by atoms with Gasteiger partial charge in [0.05, 0.1) is 0 Å². The van der Waals surface area contributed by atoms with Gasteiger partial charge in [0.2, 0.25) is 0 Å². The van der Waals surface area contributed by atoms with Crippen LogP contribution in [0.2, 0.25) is 0 Å². The van der Waals surface area contributed by atoms with Gasteiger partial charge in [0, 0.05) is 11.9 Å². The van der Waals surface area contributed by atoms with E-state index in [1.54, 1.807) is 18.2 Å². The van der Waals surface area contributed by atoms with E-state index in [4.69, 9.17) is 4.42 Å². The average Bonchev–Trinajstić information content (AvgIpc) is 2.78. The summed E-state index contributed by atoms with van der Waals surface area (Å²) < 4.78 is 42.8. The molecule has 0 spiro atoms. The highest BCUT2D eigenvalue weighted by molar-refractivity contribution is 5.96. The van der Waals surface area contributed by atoms with Gasteiger partial charge in [-0.3, -0.25) is 4.79 Å². The van der Waals surface area contributed by atoms with E-state index in [0.29, 0.717) is 15.9 Å². The topological polar surface area (TPSA) is 33.5 Å². The van der Waals surface area contributed by atoms with Crippen LogP contribution >= 0.6 is 0 Å². The predicted molar refractivity (Wildman–Crippen MR) is 73.1 cm³/mol. The summed E-state index contributed by atoms with van der Waals surface area (Å²) in [7, 11) is 0. The van der Waals surface area contributed by atoms with Crippen LogP contribution in [-0.4, -0.2) is 30.1 Å². The number of rotatable bonds is 4. The number of benzene rings is 1. The predicted octanol–water partition coefficient (Wildman–Crippen LogP) is 3.93. The number of amides is 1. The van der Waals surface area contributed by atoms with Crippen molar-refractivity contribution in [3.05, 3.63) is 48.2 Å². The first-order chi connectivity index (χ1) is 9.80. The Balaban J connectivity index is 2.31. The number of hydrogen-bond acceptors (Lipinski definition) is 2. The third-order valence-electron chi connectivity index (χ3n) is 2.89. The van der Waals surface area contributed by atoms with E-state index < -0.39 is 18.6 Å². The van der Waals surface area contributed by atoms with Crippen molar-refractivity contribution < 1.29 is 22.4 Å². The summed E-state index contributed by atoms with van der Waals surface area (Å²) in [6.07, 6.45) is -3.22. The molecule has 0 radical (unpaired) electrons. The monoisotopic (exact) mass is 297 g/mol. The molecule has 21 heavy (non-hydrogen) atoms. The number of carbonyl (C=O) groups is 1. The van der Waals surface area contributed by atoms with Gasteiger partial charge in [-0.2, -0.15) is 13.2 Å². The lowest BCUT2D eigenvalue weighted by Crippen LogP contribution is -2.38. The third-order valence-corrected chi connectivity index (χ3v) is 2.89. The normalized spacial score (nSPS) is 11.6. The number of alkyl halides is 3. The number of fused-ring (bicyclic) bond motifs is 1. The zero-order chi connectivity index (χ0) is 15.6. The second-order valence-corrected chi connectivity index (χ2v) is 4.74. The molecular formula is C15H14F3NO2. The summed E-state index contributed by atoms with van der Waals surface area (Å²) in [6.45, 7) is 3.71. The zero-order valence-electron chi connectivity index (χ0n) is 11.4. The standard InChI is InChI=1S/C15H14F3NO2/c1-3-6-19(9-15(16,17)18)14(20)13-8-11-7-10(2)4-5-12(11)21-13/h3-5,7-8H,1,6,9H2,2H3. The van der Waals surface area contributed by atoms with Gasteiger partial charge in [-0.25, -0.2) is 0 Å². The van der Waals surface area contributed by atoms with Crippen molar-refractivity contribution in [2.45, 2.75) is 13.1 Å². The van der Waals surface area contributed by atoms with Gasteiger partial charge in [0.1, 0.15) is 12.1 Å². The summed E-state index contributed by atoms with van der Waals surface area (Å²) in [5.74, 6) is -0.914. The van der Waals surface area contributed by atoms with E-state index in [1.807, 2.05) is 6.92 Å². The van der Waals surface area contributed by atoms with E-state index in [2.05, 4.69) is 6.58 Å². The molecule has 112 valence electrons. The molecule has 1 amide bonds. The number of halogens is 3. The molecule has 2 rings (SSSR count). The van der Waals surface area contributed by atoms with Crippen LogP contribution in [0, 0.1) is 6.92 Å². The molecular weight excluding hydrogens is 283 g/mol. The minimum Gasteiger partial charge on any atom is -0.451 e. The van der Waals surface area contributed by atoms with E-state index in [-0.39, 0.29) is 12.3 Å². The molecule has 0 atom stereocenters. The summed E-state index contributed by atoms with van der Waals surface area (Å²) in [6, 6.07) is 6.74. The highest BCUT2D eigenvalue weighted by atomic mass is 19.4. The fraction of sp³-hybridized carbons (Fsp3) is 0.267. The van der Waals surface area contributed by atoms with Crippen LogP contribution in [0.5, 0.6) is 0 Å². The Morgan fingerprint density at radius 1 is 1.38 bits per heavy atom. The van der Waals surface area contributed by atoms with Crippen molar-refractivity contribution >= 4 is 16.9 Å². The zero-order valence-corrected chi connectivity index (χ0v) is 11.4. The molecule has 1 heterocycles. The largest absolute Gasteiger partial charge is 0.451 e. The smallest absolute Gasteiger partial charge is 0.406 e. The molecule has 1 aromatic heterocycles. The van der Waals surface area contributed by atoms with E-state index in [0.717, 1.165) is 5.56 Å². The van der Waals surface area contributed by atoms with Gasteiger partial charge in [-0.1, -0.05) is 17.7 Å². The SMILES string of the molecule is C=CCN(CC(F)(F)F)C(=O)c1cc2cc(C)ccc2o1. The second-order valence-electron chi connectivity index (χ2n) is 4.74. The van der Waals surface area contributed by atoms with Crippen LogP contribution < -0.4 is 0 Å². The molecule has 0 saturated carbocycles. The van der Waals surface area contributed by atoms with Crippen molar-refractivity contribution in [1.82, 2.24) is 4.90 Å². The number of hydrogen-bond donors (Lipinski definition) is 0. The van der Waals surface area contributed by atoms with Crippen molar-refractivity contribution in [1.29, 1.82) is 0 Å². The summed E-state index contributed by atoms with van der Waals surface area (Å²) in [5, 5.41) is 0.684. The molecule has 2 aromatic rings. The molecule has 3 nitrogen and oxygen atoms in total. The molecule has 0 N–H and O–H groups in total. The fourth-order valence-electron chi connectivity index (χ4n) is 2.02. The Hall–Kier alpha value is -2.24. The van der Waals surface area contributed by atoms with E-state index >= 15 is 0 Å². The highest BCUT2D eigenvalue weighted by Crippen LogP contribution is 2.23. The van der Waals surface area contributed by atoms with Gasteiger partial charge in [0.25, 0.3) is 5.91 Å². The Morgan fingerprint density at radius 2 is 2.10 bits per heavy atom. The van der Waals surface area contributed by atoms with Gasteiger partial charge in [0.15, 0.2) is 5.76 Å². The molecule has 1 aromatic carbocycles. The number of carbonyl (C=O) groups excluding carboxylic acids is 1. The molecule has 0 fully saturated rings. The molecule has 0 bridgehead atoms. The molecule has 0 aliphatic heterocycles. The lowest BCUT2D eigenvalue weighted by atomic mass is 10.2. The minimum absolute atomic E-state index is 0.110.